The molecule has 5 nitrogen and oxygen atoms in total. The lowest BCUT2D eigenvalue weighted by atomic mass is 10.2. The van der Waals surface area contributed by atoms with Crippen LogP contribution < -0.4 is 10.3 Å². The molecular weight excluding hydrogens is 302 g/mol. The summed E-state index contributed by atoms with van der Waals surface area (Å²) in [6, 6.07) is 12.2. The molecule has 0 unspecified atom stereocenters. The monoisotopic (exact) mass is 327 g/mol. The van der Waals surface area contributed by atoms with Crippen LogP contribution in [0.1, 0.15) is 25.6 Å². The minimum absolute atomic E-state index is 0.179. The molecule has 24 heavy (non-hydrogen) atoms. The summed E-state index contributed by atoms with van der Waals surface area (Å²) in [5.41, 5.74) is 1.92. The number of aromatic nitrogens is 1. The summed E-state index contributed by atoms with van der Waals surface area (Å²) in [6.07, 6.45) is 1.56. The van der Waals surface area contributed by atoms with Crippen molar-refractivity contribution in [2.45, 2.75) is 26.4 Å². The third kappa shape index (κ3) is 3.62. The highest BCUT2D eigenvalue weighted by molar-refractivity contribution is 5.46. The number of piperazine rings is 1. The average molecular weight is 327 g/mol. The highest BCUT2D eigenvalue weighted by Crippen LogP contribution is 2.18. The topological polar surface area (TPSA) is 48.7 Å². The van der Waals surface area contributed by atoms with Crippen molar-refractivity contribution in [3.8, 4) is 5.75 Å². The van der Waals surface area contributed by atoms with E-state index < -0.39 is 0 Å². The molecule has 1 fully saturated rings. The Balaban J connectivity index is 1.68. The number of hydrogen-bond donors (Lipinski definition) is 1. The largest absolute Gasteiger partial charge is 0.503 e. The van der Waals surface area contributed by atoms with E-state index in [1.54, 1.807) is 12.3 Å². The molecule has 1 N–H and O–H groups in total. The van der Waals surface area contributed by atoms with Crippen molar-refractivity contribution in [2.24, 2.45) is 0 Å². The fraction of sp³-hybridized carbons (Fsp3) is 0.421. The number of rotatable bonds is 4. The van der Waals surface area contributed by atoms with Crippen molar-refractivity contribution in [3.63, 3.8) is 0 Å². The molecule has 3 rings (SSSR count). The van der Waals surface area contributed by atoms with E-state index in [0.717, 1.165) is 38.4 Å². The minimum Gasteiger partial charge on any atom is -0.503 e. The number of anilines is 1. The Morgan fingerprint density at radius 3 is 2.38 bits per heavy atom. The molecule has 0 atom stereocenters. The van der Waals surface area contributed by atoms with Crippen LogP contribution in [0.4, 0.5) is 5.69 Å². The van der Waals surface area contributed by atoms with Gasteiger partial charge in [-0.25, -0.2) is 0 Å². The Bertz CT molecular complexity index is 732. The van der Waals surface area contributed by atoms with Gasteiger partial charge in [-0.15, -0.1) is 0 Å². The lowest BCUT2D eigenvalue weighted by molar-refractivity contribution is 0.241. The van der Waals surface area contributed by atoms with Crippen LogP contribution in [-0.4, -0.2) is 40.8 Å². The van der Waals surface area contributed by atoms with Gasteiger partial charge in [-0.3, -0.25) is 9.69 Å². The third-order valence-electron chi connectivity index (χ3n) is 4.58. The molecule has 0 saturated carbocycles. The second-order valence-electron chi connectivity index (χ2n) is 6.61. The second-order valence-corrected chi connectivity index (χ2v) is 6.61. The Morgan fingerprint density at radius 1 is 1.08 bits per heavy atom. The van der Waals surface area contributed by atoms with Crippen molar-refractivity contribution in [1.29, 1.82) is 0 Å². The van der Waals surface area contributed by atoms with Gasteiger partial charge in [0.05, 0.1) is 6.20 Å². The first-order valence-electron chi connectivity index (χ1n) is 8.51. The van der Waals surface area contributed by atoms with Crippen LogP contribution in [0, 0.1) is 0 Å². The smallest absolute Gasteiger partial charge is 0.223 e. The van der Waals surface area contributed by atoms with Gasteiger partial charge in [-0.05, 0) is 26.0 Å². The van der Waals surface area contributed by atoms with Crippen molar-refractivity contribution in [1.82, 2.24) is 9.47 Å². The molecule has 1 aliphatic rings. The van der Waals surface area contributed by atoms with Gasteiger partial charge in [-0.1, -0.05) is 18.2 Å². The van der Waals surface area contributed by atoms with Gasteiger partial charge in [0.1, 0.15) is 0 Å². The van der Waals surface area contributed by atoms with E-state index >= 15 is 0 Å². The fourth-order valence-corrected chi connectivity index (χ4v) is 3.22. The number of para-hydroxylation sites is 1. The maximum atomic E-state index is 11.8. The SMILES string of the molecule is CC(C)n1cc(O)c(=O)cc1CN1CCN(c2ccccc2)CC1. The van der Waals surface area contributed by atoms with E-state index in [0.29, 0.717) is 0 Å². The Hall–Kier alpha value is -2.27. The predicted molar refractivity (Wildman–Crippen MR) is 96.7 cm³/mol. The molecule has 0 bridgehead atoms. The minimum atomic E-state index is -0.301. The van der Waals surface area contributed by atoms with Crippen LogP contribution in [0.5, 0.6) is 5.75 Å². The van der Waals surface area contributed by atoms with Crippen LogP contribution in [0.25, 0.3) is 0 Å². The summed E-state index contributed by atoms with van der Waals surface area (Å²) in [5.74, 6) is -0.179. The maximum Gasteiger partial charge on any atom is 0.223 e. The van der Waals surface area contributed by atoms with Crippen LogP contribution in [-0.2, 0) is 6.54 Å². The molecular formula is C19H25N3O2. The zero-order valence-corrected chi connectivity index (χ0v) is 14.4. The molecule has 0 spiro atoms. The van der Waals surface area contributed by atoms with E-state index in [4.69, 9.17) is 0 Å². The lowest BCUT2D eigenvalue weighted by Crippen LogP contribution is -2.46. The maximum absolute atomic E-state index is 11.8. The molecule has 1 aliphatic heterocycles. The molecule has 0 aliphatic carbocycles. The molecule has 1 aromatic heterocycles. The Morgan fingerprint density at radius 2 is 1.75 bits per heavy atom. The van der Waals surface area contributed by atoms with Gasteiger partial charge in [0.25, 0.3) is 0 Å². The van der Waals surface area contributed by atoms with E-state index in [1.165, 1.54) is 5.69 Å². The van der Waals surface area contributed by atoms with Crippen molar-refractivity contribution >= 4 is 5.69 Å². The van der Waals surface area contributed by atoms with Gasteiger partial charge in [0.15, 0.2) is 5.75 Å². The van der Waals surface area contributed by atoms with Crippen molar-refractivity contribution in [3.05, 3.63) is 58.5 Å². The van der Waals surface area contributed by atoms with Crippen molar-refractivity contribution < 1.29 is 5.11 Å². The Kier molecular flexibility index (Phi) is 4.90. The van der Waals surface area contributed by atoms with Crippen molar-refractivity contribution in [2.75, 3.05) is 31.1 Å². The molecule has 0 radical (unpaired) electrons. The highest BCUT2D eigenvalue weighted by atomic mass is 16.3. The molecule has 5 heteroatoms. The zero-order valence-electron chi connectivity index (χ0n) is 14.4. The number of pyridine rings is 1. The van der Waals surface area contributed by atoms with Gasteiger partial charge in [0.2, 0.25) is 5.43 Å². The number of benzene rings is 1. The summed E-state index contributed by atoms with van der Waals surface area (Å²) in [5, 5.41) is 9.69. The van der Waals surface area contributed by atoms with Gasteiger partial charge >= 0.3 is 0 Å². The molecule has 0 amide bonds. The first kappa shape index (κ1) is 16.6. The van der Waals surface area contributed by atoms with Gasteiger partial charge < -0.3 is 14.6 Å². The molecule has 1 saturated heterocycles. The number of nitrogens with zero attached hydrogens (tertiary/aromatic N) is 3. The summed E-state index contributed by atoms with van der Waals surface area (Å²) in [6.45, 7) is 8.73. The summed E-state index contributed by atoms with van der Waals surface area (Å²) < 4.78 is 1.99. The lowest BCUT2D eigenvalue weighted by Gasteiger charge is -2.36. The fourth-order valence-electron chi connectivity index (χ4n) is 3.22. The third-order valence-corrected chi connectivity index (χ3v) is 4.58. The zero-order chi connectivity index (χ0) is 17.1. The standard InChI is InChI=1S/C19H25N3O2/c1-15(2)22-14-19(24)18(23)12-17(22)13-20-8-10-21(11-9-20)16-6-4-3-5-7-16/h3-7,12,14-15,24H,8-11,13H2,1-2H3. The number of aromatic hydroxyl groups is 1. The summed E-state index contributed by atoms with van der Waals surface area (Å²) in [7, 11) is 0. The summed E-state index contributed by atoms with van der Waals surface area (Å²) >= 11 is 0. The normalized spacial score (nSPS) is 15.9. The van der Waals surface area contributed by atoms with E-state index in [2.05, 4.69) is 47.9 Å². The predicted octanol–water partition coefficient (Wildman–Crippen LogP) is 2.46. The van der Waals surface area contributed by atoms with Crippen LogP contribution in [0.15, 0.2) is 47.4 Å². The Labute approximate surface area is 142 Å². The van der Waals surface area contributed by atoms with Crippen LogP contribution >= 0.6 is 0 Å². The number of hydrogen-bond acceptors (Lipinski definition) is 4. The first-order chi connectivity index (χ1) is 11.5. The molecule has 1 aromatic carbocycles. The molecule has 2 heterocycles. The average Bonchev–Trinajstić information content (AvgIpc) is 2.59. The first-order valence-corrected chi connectivity index (χ1v) is 8.51. The van der Waals surface area contributed by atoms with Crippen LogP contribution in [0.2, 0.25) is 0 Å². The van der Waals surface area contributed by atoms with E-state index in [9.17, 15) is 9.90 Å². The highest BCUT2D eigenvalue weighted by Gasteiger charge is 2.19. The quantitative estimate of drug-likeness (QED) is 0.937. The van der Waals surface area contributed by atoms with Gasteiger partial charge in [0, 0.05) is 56.2 Å². The van der Waals surface area contributed by atoms with Gasteiger partial charge in [-0.2, -0.15) is 0 Å². The van der Waals surface area contributed by atoms with E-state index in [-0.39, 0.29) is 17.2 Å². The molecule has 2 aromatic rings. The second kappa shape index (κ2) is 7.09. The summed E-state index contributed by atoms with van der Waals surface area (Å²) in [4.78, 5) is 16.6. The van der Waals surface area contributed by atoms with E-state index in [1.807, 2.05) is 10.6 Å². The van der Waals surface area contributed by atoms with Crippen LogP contribution in [0.3, 0.4) is 0 Å². The molecule has 128 valence electrons.